The Morgan fingerprint density at radius 3 is 2.36 bits per heavy atom. The van der Waals surface area contributed by atoms with Crippen LogP contribution in [0, 0.1) is 0 Å². The molecule has 6 aromatic rings. The molecule has 0 unspecified atom stereocenters. The maximum atomic E-state index is 13.7. The maximum Gasteiger partial charge on any atom is 0.343 e. The summed E-state index contributed by atoms with van der Waals surface area (Å²) >= 11 is 6.91. The third-order valence-corrected chi connectivity index (χ3v) is 8.29. The van der Waals surface area contributed by atoms with E-state index in [9.17, 15) is 14.4 Å². The fourth-order valence-electron chi connectivity index (χ4n) is 5.20. The SMILES string of the molecule is COc1cc(C(=O)Oc2c(Br)cc(Br)cc2C=NNC(=O)c2[nH]c3c(ccc4ccccc43)c2-c2ccccc2)ccc1OC(C)=O. The molecule has 1 amide bonds. The van der Waals surface area contributed by atoms with Crippen molar-refractivity contribution in [3.05, 3.63) is 123 Å². The molecule has 234 valence electrons. The zero-order valence-electron chi connectivity index (χ0n) is 25.0. The first-order chi connectivity index (χ1) is 22.7. The number of methoxy groups -OCH3 is 1. The highest BCUT2D eigenvalue weighted by Gasteiger charge is 2.21. The number of amides is 1. The van der Waals surface area contributed by atoms with E-state index in [0.29, 0.717) is 20.2 Å². The Labute approximate surface area is 285 Å². The van der Waals surface area contributed by atoms with Gasteiger partial charge in [0, 0.05) is 33.3 Å². The number of aromatic amines is 1. The number of halogens is 2. The average molecular weight is 755 g/mol. The Morgan fingerprint density at radius 1 is 0.830 bits per heavy atom. The fourth-order valence-corrected chi connectivity index (χ4v) is 6.54. The number of fused-ring (bicyclic) bond motifs is 3. The van der Waals surface area contributed by atoms with E-state index in [1.165, 1.54) is 38.4 Å². The van der Waals surface area contributed by atoms with Crippen LogP contribution in [0.3, 0.4) is 0 Å². The first kappa shape index (κ1) is 31.7. The topological polar surface area (TPSA) is 119 Å². The molecule has 0 bridgehead atoms. The number of nitrogens with one attached hydrogen (secondary N) is 2. The molecule has 0 aliphatic heterocycles. The zero-order valence-corrected chi connectivity index (χ0v) is 28.1. The fraction of sp³-hybridized carbons (Fsp3) is 0.0556. The number of ether oxygens (including phenoxy) is 3. The lowest BCUT2D eigenvalue weighted by Gasteiger charge is -2.12. The standard InChI is InChI=1S/C36H25Br2N3O6/c1-20(42)46-29-15-13-23(17-30(29)45-2)36(44)47-34-24(16-25(37)18-28(34)38)19-39-41-35(43)33-31(22-9-4-3-5-10-22)27-14-12-21-8-6-7-11-26(21)32(27)40-33/h3-19,40H,1-2H3,(H,41,43). The number of hydrogen-bond acceptors (Lipinski definition) is 7. The maximum absolute atomic E-state index is 13.7. The lowest BCUT2D eigenvalue weighted by molar-refractivity contribution is -0.132. The molecule has 1 aromatic heterocycles. The number of esters is 2. The third kappa shape index (κ3) is 6.67. The van der Waals surface area contributed by atoms with Crippen LogP contribution < -0.4 is 19.6 Å². The van der Waals surface area contributed by atoms with Crippen molar-refractivity contribution in [2.45, 2.75) is 6.92 Å². The zero-order chi connectivity index (χ0) is 33.1. The van der Waals surface area contributed by atoms with Crippen LogP contribution in [0.5, 0.6) is 17.2 Å². The van der Waals surface area contributed by atoms with E-state index in [1.54, 1.807) is 12.1 Å². The van der Waals surface area contributed by atoms with Crippen molar-refractivity contribution in [3.63, 3.8) is 0 Å². The van der Waals surface area contributed by atoms with Gasteiger partial charge < -0.3 is 19.2 Å². The quantitative estimate of drug-likeness (QED) is 0.0697. The highest BCUT2D eigenvalue weighted by Crippen LogP contribution is 2.37. The Bertz CT molecular complexity index is 2210. The van der Waals surface area contributed by atoms with Crippen molar-refractivity contribution in [1.82, 2.24) is 10.4 Å². The van der Waals surface area contributed by atoms with E-state index in [4.69, 9.17) is 14.2 Å². The van der Waals surface area contributed by atoms with Crippen LogP contribution in [0.15, 0.2) is 111 Å². The van der Waals surface area contributed by atoms with Gasteiger partial charge in [-0.1, -0.05) is 82.7 Å². The second kappa shape index (κ2) is 13.6. The molecular formula is C36H25Br2N3O6. The van der Waals surface area contributed by atoms with Crippen LogP contribution in [0.4, 0.5) is 0 Å². The summed E-state index contributed by atoms with van der Waals surface area (Å²) in [7, 11) is 1.40. The van der Waals surface area contributed by atoms with E-state index in [0.717, 1.165) is 32.8 Å². The molecule has 0 fully saturated rings. The largest absolute Gasteiger partial charge is 0.493 e. The van der Waals surface area contributed by atoms with Crippen molar-refractivity contribution in [2.24, 2.45) is 5.10 Å². The predicted molar refractivity (Wildman–Crippen MR) is 187 cm³/mol. The normalized spacial score (nSPS) is 11.1. The van der Waals surface area contributed by atoms with Crippen molar-refractivity contribution >= 4 is 77.6 Å². The van der Waals surface area contributed by atoms with Gasteiger partial charge in [-0.15, -0.1) is 0 Å². The molecule has 0 radical (unpaired) electrons. The third-order valence-electron chi connectivity index (χ3n) is 7.24. The van der Waals surface area contributed by atoms with Crippen LogP contribution in [0.1, 0.15) is 33.3 Å². The van der Waals surface area contributed by atoms with Crippen LogP contribution in [-0.2, 0) is 4.79 Å². The second-order valence-electron chi connectivity index (χ2n) is 10.3. The molecule has 0 atom stereocenters. The number of benzene rings is 5. The predicted octanol–water partition coefficient (Wildman–Crippen LogP) is 8.43. The molecule has 0 saturated heterocycles. The first-order valence-electron chi connectivity index (χ1n) is 14.2. The number of rotatable bonds is 8. The lowest BCUT2D eigenvalue weighted by atomic mass is 9.99. The Morgan fingerprint density at radius 2 is 1.60 bits per heavy atom. The molecule has 0 aliphatic rings. The number of carbonyl (C=O) groups is 3. The van der Waals surface area contributed by atoms with Crippen molar-refractivity contribution in [2.75, 3.05) is 7.11 Å². The smallest absolute Gasteiger partial charge is 0.343 e. The summed E-state index contributed by atoms with van der Waals surface area (Å²) in [6.07, 6.45) is 1.39. The molecule has 5 aromatic carbocycles. The van der Waals surface area contributed by atoms with E-state index in [2.05, 4.69) is 47.4 Å². The van der Waals surface area contributed by atoms with Gasteiger partial charge in [-0.2, -0.15) is 5.10 Å². The Hall–Kier alpha value is -5.26. The van der Waals surface area contributed by atoms with E-state index in [1.807, 2.05) is 66.7 Å². The van der Waals surface area contributed by atoms with Gasteiger partial charge in [-0.3, -0.25) is 9.59 Å². The molecule has 11 heteroatoms. The summed E-state index contributed by atoms with van der Waals surface area (Å²) in [5, 5.41) is 7.18. The molecule has 2 N–H and O–H groups in total. The molecule has 6 rings (SSSR count). The second-order valence-corrected chi connectivity index (χ2v) is 12.1. The summed E-state index contributed by atoms with van der Waals surface area (Å²) in [6, 6.07) is 29.4. The van der Waals surface area contributed by atoms with Gasteiger partial charge in [0.1, 0.15) is 5.69 Å². The van der Waals surface area contributed by atoms with Gasteiger partial charge in [-0.05, 0) is 57.2 Å². The number of H-pyrrole nitrogens is 1. The molecule has 1 heterocycles. The van der Waals surface area contributed by atoms with Gasteiger partial charge in [0.2, 0.25) is 0 Å². The summed E-state index contributed by atoms with van der Waals surface area (Å²) in [4.78, 5) is 41.6. The van der Waals surface area contributed by atoms with E-state index >= 15 is 0 Å². The molecule has 0 saturated carbocycles. The first-order valence-corrected chi connectivity index (χ1v) is 15.8. The van der Waals surface area contributed by atoms with Gasteiger partial charge >= 0.3 is 11.9 Å². The van der Waals surface area contributed by atoms with Crippen LogP contribution in [-0.4, -0.2) is 36.2 Å². The summed E-state index contributed by atoms with van der Waals surface area (Å²) in [6.45, 7) is 1.27. The minimum atomic E-state index is -0.697. The number of carbonyl (C=O) groups excluding carboxylic acids is 3. The molecule has 0 spiro atoms. The summed E-state index contributed by atoms with van der Waals surface area (Å²) in [5.41, 5.74) is 6.02. The number of nitrogens with zero attached hydrogens (tertiary/aromatic N) is 1. The molecular weight excluding hydrogens is 730 g/mol. The molecule has 9 nitrogen and oxygen atoms in total. The highest BCUT2D eigenvalue weighted by atomic mass is 79.9. The molecule has 47 heavy (non-hydrogen) atoms. The van der Waals surface area contributed by atoms with Crippen molar-refractivity contribution in [1.29, 1.82) is 0 Å². The van der Waals surface area contributed by atoms with Gasteiger partial charge in [0.15, 0.2) is 17.2 Å². The number of hydrazone groups is 1. The highest BCUT2D eigenvalue weighted by molar-refractivity contribution is 9.11. The van der Waals surface area contributed by atoms with Crippen LogP contribution in [0.25, 0.3) is 32.8 Å². The minimum Gasteiger partial charge on any atom is -0.493 e. The van der Waals surface area contributed by atoms with E-state index in [-0.39, 0.29) is 22.8 Å². The Kier molecular flexibility index (Phi) is 9.19. The average Bonchev–Trinajstić information content (AvgIpc) is 3.47. The van der Waals surface area contributed by atoms with Crippen molar-refractivity contribution < 1.29 is 28.6 Å². The van der Waals surface area contributed by atoms with Gasteiger partial charge in [-0.25, -0.2) is 10.2 Å². The lowest BCUT2D eigenvalue weighted by Crippen LogP contribution is -2.19. The summed E-state index contributed by atoms with van der Waals surface area (Å²) in [5.74, 6) is -1.15. The monoisotopic (exact) mass is 753 g/mol. The summed E-state index contributed by atoms with van der Waals surface area (Å²) < 4.78 is 17.3. The minimum absolute atomic E-state index is 0.156. The van der Waals surface area contributed by atoms with Gasteiger partial charge in [0.25, 0.3) is 5.91 Å². The van der Waals surface area contributed by atoms with Crippen LogP contribution in [0.2, 0.25) is 0 Å². The van der Waals surface area contributed by atoms with Crippen molar-refractivity contribution in [3.8, 4) is 28.4 Å². The van der Waals surface area contributed by atoms with E-state index < -0.39 is 17.8 Å². The number of aromatic nitrogens is 1. The van der Waals surface area contributed by atoms with Crippen LogP contribution >= 0.6 is 31.9 Å². The number of hydrogen-bond donors (Lipinski definition) is 2. The van der Waals surface area contributed by atoms with Gasteiger partial charge in [0.05, 0.1) is 28.9 Å². The molecule has 0 aliphatic carbocycles. The Balaban J connectivity index is 1.30.